The van der Waals surface area contributed by atoms with E-state index in [4.69, 9.17) is 0 Å². The fourth-order valence-corrected chi connectivity index (χ4v) is 4.03. The van der Waals surface area contributed by atoms with Gasteiger partial charge in [0.05, 0.1) is 12.6 Å². The van der Waals surface area contributed by atoms with Gasteiger partial charge in [-0.2, -0.15) is 0 Å². The first-order valence-corrected chi connectivity index (χ1v) is 9.87. The van der Waals surface area contributed by atoms with E-state index in [-0.39, 0.29) is 12.0 Å². The number of carbonyl (C=O) groups is 1. The van der Waals surface area contributed by atoms with Crippen LogP contribution in [0, 0.1) is 13.8 Å². The van der Waals surface area contributed by atoms with E-state index in [2.05, 4.69) is 42.3 Å². The molecule has 1 saturated heterocycles. The zero-order chi connectivity index (χ0) is 18.5. The van der Waals surface area contributed by atoms with Crippen molar-refractivity contribution in [3.8, 4) is 0 Å². The second-order valence-electron chi connectivity index (χ2n) is 6.95. The lowest BCUT2D eigenvalue weighted by Gasteiger charge is -2.28. The van der Waals surface area contributed by atoms with Crippen LogP contribution in [-0.4, -0.2) is 41.7 Å². The van der Waals surface area contributed by atoms with E-state index < -0.39 is 0 Å². The van der Waals surface area contributed by atoms with E-state index in [9.17, 15) is 9.90 Å². The highest BCUT2D eigenvalue weighted by atomic mass is 32.2. The molecule has 0 aliphatic carbocycles. The molecule has 0 unspecified atom stereocenters. The summed E-state index contributed by atoms with van der Waals surface area (Å²) in [5.41, 5.74) is 3.34. The van der Waals surface area contributed by atoms with Gasteiger partial charge in [0.2, 0.25) is 5.91 Å². The molecule has 2 aromatic carbocycles. The zero-order valence-electron chi connectivity index (χ0n) is 15.4. The number of nitrogens with zero attached hydrogens (tertiary/aromatic N) is 1. The molecule has 138 valence electrons. The van der Waals surface area contributed by atoms with Gasteiger partial charge in [-0.05, 0) is 68.1 Å². The molecule has 0 aromatic heterocycles. The lowest BCUT2D eigenvalue weighted by atomic mass is 10.1. The van der Waals surface area contributed by atoms with Crippen molar-refractivity contribution < 1.29 is 9.90 Å². The number of aryl methyl sites for hydroxylation is 2. The normalized spacial score (nSPS) is 15.8. The van der Waals surface area contributed by atoms with E-state index in [0.29, 0.717) is 6.54 Å². The molecule has 0 radical (unpaired) electrons. The van der Waals surface area contributed by atoms with Crippen LogP contribution in [0.1, 0.15) is 24.0 Å². The van der Waals surface area contributed by atoms with Gasteiger partial charge in [0.25, 0.3) is 0 Å². The maximum atomic E-state index is 12.2. The predicted molar refractivity (Wildman–Crippen MR) is 107 cm³/mol. The Morgan fingerprint density at radius 2 is 1.85 bits per heavy atom. The third kappa shape index (κ3) is 5.34. The largest absolute Gasteiger partial charge is 0.393 e. The second kappa shape index (κ2) is 8.71. The van der Waals surface area contributed by atoms with Crippen molar-refractivity contribution in [2.24, 2.45) is 0 Å². The van der Waals surface area contributed by atoms with Crippen molar-refractivity contribution in [1.29, 1.82) is 0 Å². The van der Waals surface area contributed by atoms with Crippen LogP contribution in [0.4, 0.5) is 5.69 Å². The first kappa shape index (κ1) is 19.0. The van der Waals surface area contributed by atoms with Gasteiger partial charge in [0, 0.05) is 28.6 Å². The number of carbonyl (C=O) groups excluding carboxylic acids is 1. The third-order valence-electron chi connectivity index (χ3n) is 4.63. The number of rotatable bonds is 5. The van der Waals surface area contributed by atoms with Gasteiger partial charge in [-0.1, -0.05) is 23.9 Å². The summed E-state index contributed by atoms with van der Waals surface area (Å²) in [6.45, 7) is 6.16. The number of benzene rings is 2. The van der Waals surface area contributed by atoms with E-state index in [1.165, 1.54) is 16.0 Å². The molecule has 1 aliphatic rings. The molecular formula is C21H26N2O2S. The summed E-state index contributed by atoms with van der Waals surface area (Å²) in [7, 11) is 0. The van der Waals surface area contributed by atoms with Crippen molar-refractivity contribution in [1.82, 2.24) is 4.90 Å². The molecule has 4 nitrogen and oxygen atoms in total. The highest BCUT2D eigenvalue weighted by Gasteiger charge is 2.18. The van der Waals surface area contributed by atoms with Crippen LogP contribution in [0.2, 0.25) is 0 Å². The van der Waals surface area contributed by atoms with Crippen molar-refractivity contribution in [2.75, 3.05) is 25.0 Å². The molecule has 1 amide bonds. The molecule has 1 aliphatic heterocycles. The number of aliphatic hydroxyl groups excluding tert-OH is 1. The minimum absolute atomic E-state index is 0.00341. The number of nitrogens with one attached hydrogen (secondary N) is 1. The summed E-state index contributed by atoms with van der Waals surface area (Å²) in [5, 5.41) is 12.5. The Labute approximate surface area is 159 Å². The number of amides is 1. The monoisotopic (exact) mass is 370 g/mol. The van der Waals surface area contributed by atoms with Crippen LogP contribution in [0.25, 0.3) is 0 Å². The number of hydrogen-bond donors (Lipinski definition) is 2. The highest BCUT2D eigenvalue weighted by molar-refractivity contribution is 7.99. The first-order valence-electron chi connectivity index (χ1n) is 9.05. The van der Waals surface area contributed by atoms with Crippen LogP contribution in [0.5, 0.6) is 0 Å². The highest BCUT2D eigenvalue weighted by Crippen LogP contribution is 2.31. The van der Waals surface area contributed by atoms with Crippen LogP contribution in [-0.2, 0) is 4.79 Å². The van der Waals surface area contributed by atoms with Gasteiger partial charge in [0.1, 0.15) is 0 Å². The summed E-state index contributed by atoms with van der Waals surface area (Å²) >= 11 is 1.74. The van der Waals surface area contributed by atoms with E-state index in [1.54, 1.807) is 11.8 Å². The van der Waals surface area contributed by atoms with Crippen LogP contribution < -0.4 is 5.32 Å². The van der Waals surface area contributed by atoms with Gasteiger partial charge in [-0.25, -0.2) is 0 Å². The molecular weight excluding hydrogens is 344 g/mol. The smallest absolute Gasteiger partial charge is 0.238 e. The quantitative estimate of drug-likeness (QED) is 0.839. The molecule has 0 spiro atoms. The molecule has 2 N–H and O–H groups in total. The number of likely N-dealkylation sites (tertiary alicyclic amines) is 1. The summed E-state index contributed by atoms with van der Waals surface area (Å²) in [4.78, 5) is 16.7. The van der Waals surface area contributed by atoms with Crippen LogP contribution >= 0.6 is 11.8 Å². The summed E-state index contributed by atoms with van der Waals surface area (Å²) in [6.07, 6.45) is 1.28. The van der Waals surface area contributed by atoms with Crippen molar-refractivity contribution >= 4 is 23.4 Å². The molecule has 0 bridgehead atoms. The zero-order valence-corrected chi connectivity index (χ0v) is 16.2. The Balaban J connectivity index is 1.54. The van der Waals surface area contributed by atoms with Gasteiger partial charge < -0.3 is 10.4 Å². The Morgan fingerprint density at radius 1 is 1.15 bits per heavy atom. The Bertz CT molecular complexity index is 753. The number of piperidine rings is 1. The summed E-state index contributed by atoms with van der Waals surface area (Å²) in [5.74, 6) is -0.00341. The SMILES string of the molecule is Cc1ccc(C)c(Sc2ccc(NC(=O)CN3CCC(O)CC3)cc2)c1. The Morgan fingerprint density at radius 3 is 2.54 bits per heavy atom. The third-order valence-corrected chi connectivity index (χ3v) is 5.80. The average molecular weight is 371 g/mol. The van der Waals surface area contributed by atoms with Gasteiger partial charge in [-0.15, -0.1) is 0 Å². The number of aliphatic hydroxyl groups is 1. The van der Waals surface area contributed by atoms with Crippen LogP contribution in [0.3, 0.4) is 0 Å². The van der Waals surface area contributed by atoms with E-state index in [1.807, 2.05) is 24.3 Å². The standard InChI is InChI=1S/C21H26N2O2S/c1-15-3-4-16(2)20(13-15)26-19-7-5-17(6-8-19)22-21(25)14-23-11-9-18(24)10-12-23/h3-8,13,18,24H,9-12,14H2,1-2H3,(H,22,25). The predicted octanol–water partition coefficient (Wildman–Crippen LogP) is 3.85. The molecule has 1 heterocycles. The fraction of sp³-hybridized carbons (Fsp3) is 0.381. The van der Waals surface area contributed by atoms with E-state index >= 15 is 0 Å². The molecule has 5 heteroatoms. The Kier molecular flexibility index (Phi) is 6.35. The maximum Gasteiger partial charge on any atom is 0.238 e. The molecule has 2 aromatic rings. The number of hydrogen-bond acceptors (Lipinski definition) is 4. The summed E-state index contributed by atoms with van der Waals surface area (Å²) < 4.78 is 0. The molecule has 3 rings (SSSR count). The Hall–Kier alpha value is -1.82. The van der Waals surface area contributed by atoms with E-state index in [0.717, 1.165) is 36.5 Å². The van der Waals surface area contributed by atoms with Crippen molar-refractivity contribution in [3.05, 3.63) is 53.6 Å². The lowest BCUT2D eigenvalue weighted by Crippen LogP contribution is -2.40. The fourth-order valence-electron chi connectivity index (χ4n) is 3.03. The van der Waals surface area contributed by atoms with Gasteiger partial charge >= 0.3 is 0 Å². The first-order chi connectivity index (χ1) is 12.5. The molecule has 0 saturated carbocycles. The van der Waals surface area contributed by atoms with Crippen molar-refractivity contribution in [3.63, 3.8) is 0 Å². The van der Waals surface area contributed by atoms with Gasteiger partial charge in [-0.3, -0.25) is 9.69 Å². The minimum atomic E-state index is -0.212. The average Bonchev–Trinajstić information content (AvgIpc) is 2.62. The maximum absolute atomic E-state index is 12.2. The van der Waals surface area contributed by atoms with Crippen molar-refractivity contribution in [2.45, 2.75) is 42.6 Å². The summed E-state index contributed by atoms with van der Waals surface area (Å²) in [6, 6.07) is 14.5. The molecule has 0 atom stereocenters. The minimum Gasteiger partial charge on any atom is -0.393 e. The lowest BCUT2D eigenvalue weighted by molar-refractivity contribution is -0.117. The molecule has 26 heavy (non-hydrogen) atoms. The second-order valence-corrected chi connectivity index (χ2v) is 8.07. The van der Waals surface area contributed by atoms with Gasteiger partial charge in [0.15, 0.2) is 0 Å². The topological polar surface area (TPSA) is 52.6 Å². The molecule has 1 fully saturated rings. The van der Waals surface area contributed by atoms with Crippen LogP contribution in [0.15, 0.2) is 52.3 Å². The number of anilines is 1.